The van der Waals surface area contributed by atoms with Crippen LogP contribution < -0.4 is 10.6 Å². The Balaban J connectivity index is 1.75. The number of carbonyl (C=O) groups is 2. The number of carbonyl (C=O) groups excluding carboxylic acids is 2. The minimum absolute atomic E-state index is 0.0444. The van der Waals surface area contributed by atoms with E-state index in [0.29, 0.717) is 22.5 Å². The molecule has 27 heavy (non-hydrogen) atoms. The molecule has 0 saturated carbocycles. The van der Waals surface area contributed by atoms with Crippen LogP contribution in [0.5, 0.6) is 0 Å². The summed E-state index contributed by atoms with van der Waals surface area (Å²) in [6.07, 6.45) is 1.46. The lowest BCUT2D eigenvalue weighted by Gasteiger charge is -2.08. The molecule has 2 N–H and O–H groups in total. The number of hydrogen-bond acceptors (Lipinski definition) is 6. The number of amides is 1. The van der Waals surface area contributed by atoms with Crippen molar-refractivity contribution in [2.75, 3.05) is 10.6 Å². The molecule has 0 aliphatic heterocycles. The molecule has 1 aromatic heterocycles. The summed E-state index contributed by atoms with van der Waals surface area (Å²) in [6, 6.07) is 17.1. The third-order valence-electron chi connectivity index (χ3n) is 3.73. The largest absolute Gasteiger partial charge is 0.323 e. The average molecular weight is 357 g/mol. The van der Waals surface area contributed by atoms with E-state index in [9.17, 15) is 9.59 Å². The van der Waals surface area contributed by atoms with Gasteiger partial charge in [-0.2, -0.15) is 5.26 Å². The first-order chi connectivity index (χ1) is 13.1. The Morgan fingerprint density at radius 3 is 2.48 bits per heavy atom. The molecule has 0 bridgehead atoms. The van der Waals surface area contributed by atoms with Gasteiger partial charge in [0.25, 0.3) is 5.91 Å². The number of benzene rings is 2. The fourth-order valence-electron chi connectivity index (χ4n) is 2.34. The van der Waals surface area contributed by atoms with Gasteiger partial charge in [-0.15, -0.1) is 0 Å². The van der Waals surface area contributed by atoms with Crippen molar-refractivity contribution in [1.29, 1.82) is 5.26 Å². The lowest BCUT2D eigenvalue weighted by molar-refractivity contribution is 0.101. The summed E-state index contributed by atoms with van der Waals surface area (Å²) < 4.78 is 0. The van der Waals surface area contributed by atoms with Crippen LogP contribution in [0.15, 0.2) is 60.8 Å². The predicted octanol–water partition coefficient (Wildman–Crippen LogP) is 3.55. The summed E-state index contributed by atoms with van der Waals surface area (Å²) >= 11 is 0. The van der Waals surface area contributed by atoms with Crippen LogP contribution in [0, 0.1) is 11.3 Å². The number of hydrogen-bond donors (Lipinski definition) is 2. The minimum Gasteiger partial charge on any atom is -0.323 e. The van der Waals surface area contributed by atoms with Crippen LogP contribution >= 0.6 is 0 Å². The zero-order chi connectivity index (χ0) is 19.2. The summed E-state index contributed by atoms with van der Waals surface area (Å²) in [5, 5.41) is 14.8. The molecule has 0 fully saturated rings. The van der Waals surface area contributed by atoms with Crippen LogP contribution in [0.1, 0.15) is 33.3 Å². The molecule has 1 amide bonds. The van der Waals surface area contributed by atoms with Crippen LogP contribution in [-0.2, 0) is 0 Å². The number of para-hydroxylation sites is 1. The molecule has 0 unspecified atom stereocenters. The number of nitrogens with one attached hydrogen (secondary N) is 2. The van der Waals surface area contributed by atoms with Gasteiger partial charge in [0, 0.05) is 17.4 Å². The first-order valence-corrected chi connectivity index (χ1v) is 8.08. The van der Waals surface area contributed by atoms with Gasteiger partial charge in [0.05, 0.1) is 11.3 Å². The van der Waals surface area contributed by atoms with E-state index in [4.69, 9.17) is 5.26 Å². The number of Topliss-reactive ketones (excluding diaryl/α,β-unsaturated/α-hetero) is 1. The van der Waals surface area contributed by atoms with Gasteiger partial charge in [0.2, 0.25) is 5.95 Å². The second-order valence-corrected chi connectivity index (χ2v) is 5.64. The molecule has 0 spiro atoms. The van der Waals surface area contributed by atoms with E-state index < -0.39 is 5.91 Å². The van der Waals surface area contributed by atoms with Gasteiger partial charge in [-0.25, -0.2) is 9.97 Å². The zero-order valence-corrected chi connectivity index (χ0v) is 14.4. The van der Waals surface area contributed by atoms with Crippen LogP contribution in [-0.4, -0.2) is 21.7 Å². The van der Waals surface area contributed by atoms with E-state index in [1.54, 1.807) is 48.5 Å². The molecular formula is C20H15N5O2. The van der Waals surface area contributed by atoms with E-state index in [0.717, 1.165) is 0 Å². The van der Waals surface area contributed by atoms with Gasteiger partial charge < -0.3 is 10.6 Å². The smallest absolute Gasteiger partial charge is 0.274 e. The molecule has 0 aliphatic rings. The fraction of sp³-hybridized carbons (Fsp3) is 0.0500. The molecular weight excluding hydrogens is 342 g/mol. The number of rotatable bonds is 5. The Morgan fingerprint density at radius 2 is 1.78 bits per heavy atom. The Kier molecular flexibility index (Phi) is 5.19. The summed E-state index contributed by atoms with van der Waals surface area (Å²) in [6.45, 7) is 1.48. The quantitative estimate of drug-likeness (QED) is 0.676. The van der Waals surface area contributed by atoms with Crippen molar-refractivity contribution in [3.63, 3.8) is 0 Å². The third-order valence-corrected chi connectivity index (χ3v) is 3.73. The van der Waals surface area contributed by atoms with Crippen LogP contribution in [0.25, 0.3) is 0 Å². The summed E-state index contributed by atoms with van der Waals surface area (Å²) in [5.74, 6) is -0.251. The lowest BCUT2D eigenvalue weighted by atomic mass is 10.1. The lowest BCUT2D eigenvalue weighted by Crippen LogP contribution is -2.15. The highest BCUT2D eigenvalue weighted by molar-refractivity contribution is 6.03. The van der Waals surface area contributed by atoms with E-state index in [1.807, 2.05) is 0 Å². The molecule has 0 radical (unpaired) electrons. The monoisotopic (exact) mass is 357 g/mol. The van der Waals surface area contributed by atoms with Crippen molar-refractivity contribution in [2.45, 2.75) is 6.92 Å². The maximum atomic E-state index is 12.4. The van der Waals surface area contributed by atoms with E-state index in [2.05, 4.69) is 26.7 Å². The maximum Gasteiger partial charge on any atom is 0.274 e. The number of aromatic nitrogens is 2. The highest BCUT2D eigenvalue weighted by atomic mass is 16.2. The first kappa shape index (κ1) is 17.8. The highest BCUT2D eigenvalue weighted by Crippen LogP contribution is 2.18. The van der Waals surface area contributed by atoms with Gasteiger partial charge in [-0.1, -0.05) is 12.1 Å². The zero-order valence-electron chi connectivity index (χ0n) is 14.4. The van der Waals surface area contributed by atoms with Crippen molar-refractivity contribution >= 4 is 29.0 Å². The molecule has 0 atom stereocenters. The SMILES string of the molecule is CC(=O)c1ccc(NC(=O)c2ccnc(Nc3ccccc3C#N)n2)cc1. The van der Waals surface area contributed by atoms with Crippen LogP contribution in [0.2, 0.25) is 0 Å². The fourth-order valence-corrected chi connectivity index (χ4v) is 2.34. The van der Waals surface area contributed by atoms with E-state index in [-0.39, 0.29) is 17.4 Å². The topological polar surface area (TPSA) is 108 Å². The molecule has 1 heterocycles. The number of ketones is 1. The average Bonchev–Trinajstić information content (AvgIpc) is 2.69. The Hall–Kier alpha value is -4.05. The summed E-state index contributed by atoms with van der Waals surface area (Å²) in [4.78, 5) is 32.0. The van der Waals surface area contributed by atoms with Crippen molar-refractivity contribution in [2.24, 2.45) is 0 Å². The molecule has 0 saturated heterocycles. The van der Waals surface area contributed by atoms with Gasteiger partial charge >= 0.3 is 0 Å². The first-order valence-electron chi connectivity index (χ1n) is 8.08. The predicted molar refractivity (Wildman–Crippen MR) is 101 cm³/mol. The van der Waals surface area contributed by atoms with Gasteiger partial charge in [-0.05, 0) is 49.4 Å². The second kappa shape index (κ2) is 7.89. The maximum absolute atomic E-state index is 12.4. The molecule has 2 aromatic carbocycles. The van der Waals surface area contributed by atoms with Gasteiger partial charge in [-0.3, -0.25) is 9.59 Å². The standard InChI is InChI=1S/C20H15N5O2/c1-13(26)14-6-8-16(9-7-14)23-19(27)18-10-11-22-20(25-18)24-17-5-3-2-4-15(17)12-21/h2-11H,1H3,(H,23,27)(H,22,24,25). The minimum atomic E-state index is -0.412. The molecule has 7 heteroatoms. The number of anilines is 3. The summed E-state index contributed by atoms with van der Waals surface area (Å²) in [7, 11) is 0. The molecule has 0 aliphatic carbocycles. The van der Waals surface area contributed by atoms with Crippen molar-refractivity contribution in [1.82, 2.24) is 9.97 Å². The van der Waals surface area contributed by atoms with Crippen LogP contribution in [0.4, 0.5) is 17.3 Å². The van der Waals surface area contributed by atoms with E-state index >= 15 is 0 Å². The van der Waals surface area contributed by atoms with Gasteiger partial charge in [0.15, 0.2) is 5.78 Å². The highest BCUT2D eigenvalue weighted by Gasteiger charge is 2.11. The molecule has 132 valence electrons. The van der Waals surface area contributed by atoms with Crippen molar-refractivity contribution in [3.05, 3.63) is 77.6 Å². The Labute approximate surface area is 155 Å². The third kappa shape index (κ3) is 4.32. The molecule has 3 rings (SSSR count). The number of nitriles is 1. The summed E-state index contributed by atoms with van der Waals surface area (Å²) in [5.41, 5.74) is 2.28. The van der Waals surface area contributed by atoms with Gasteiger partial charge in [0.1, 0.15) is 11.8 Å². The normalized spacial score (nSPS) is 9.93. The van der Waals surface area contributed by atoms with Crippen molar-refractivity contribution < 1.29 is 9.59 Å². The van der Waals surface area contributed by atoms with E-state index in [1.165, 1.54) is 19.2 Å². The second-order valence-electron chi connectivity index (χ2n) is 5.64. The van der Waals surface area contributed by atoms with Crippen molar-refractivity contribution in [3.8, 4) is 6.07 Å². The molecule has 3 aromatic rings. The molecule has 7 nitrogen and oxygen atoms in total. The Bertz CT molecular complexity index is 1040. The van der Waals surface area contributed by atoms with Crippen LogP contribution in [0.3, 0.4) is 0 Å². The Morgan fingerprint density at radius 1 is 1.04 bits per heavy atom. The number of nitrogens with zero attached hydrogens (tertiary/aromatic N) is 3.